The van der Waals surface area contributed by atoms with Crippen LogP contribution in [0.15, 0.2) is 42.5 Å². The molecule has 2 aromatic carbocycles. The normalized spacial score (nSPS) is 10.8. The van der Waals surface area contributed by atoms with E-state index in [0.29, 0.717) is 16.6 Å². The lowest BCUT2D eigenvalue weighted by molar-refractivity contribution is 0.297. The van der Waals surface area contributed by atoms with Crippen LogP contribution >= 0.6 is 11.6 Å². The number of aromatic nitrogens is 2. The van der Waals surface area contributed by atoms with Crippen molar-refractivity contribution in [2.75, 3.05) is 0 Å². The minimum Gasteiger partial charge on any atom is -0.486 e. The van der Waals surface area contributed by atoms with Gasteiger partial charge in [0.2, 0.25) is 0 Å². The first kappa shape index (κ1) is 12.0. The zero-order valence-corrected chi connectivity index (χ0v) is 10.6. The van der Waals surface area contributed by atoms with E-state index in [2.05, 4.69) is 9.97 Å². The van der Waals surface area contributed by atoms with E-state index >= 15 is 0 Å². The minimum absolute atomic E-state index is 0.286. The van der Waals surface area contributed by atoms with Crippen molar-refractivity contribution >= 4 is 22.6 Å². The van der Waals surface area contributed by atoms with Crippen molar-refractivity contribution in [3.05, 3.63) is 59.1 Å². The van der Waals surface area contributed by atoms with E-state index in [-0.39, 0.29) is 12.4 Å². The third-order valence-corrected chi connectivity index (χ3v) is 2.92. The molecule has 0 atom stereocenters. The summed E-state index contributed by atoms with van der Waals surface area (Å²) in [6, 6.07) is 11.3. The Morgan fingerprint density at radius 1 is 1.16 bits per heavy atom. The molecule has 0 radical (unpaired) electrons. The molecule has 1 aromatic heterocycles. The molecule has 0 spiro atoms. The van der Waals surface area contributed by atoms with E-state index in [1.54, 1.807) is 18.2 Å². The summed E-state index contributed by atoms with van der Waals surface area (Å²) >= 11 is 5.90. The Balaban J connectivity index is 1.76. The highest BCUT2D eigenvalue weighted by molar-refractivity contribution is 6.31. The number of ether oxygens (including phenoxy) is 1. The number of nitrogens with zero attached hydrogens (tertiary/aromatic N) is 1. The van der Waals surface area contributed by atoms with Gasteiger partial charge in [-0.15, -0.1) is 0 Å². The van der Waals surface area contributed by atoms with Gasteiger partial charge in [0.25, 0.3) is 0 Å². The highest BCUT2D eigenvalue weighted by Crippen LogP contribution is 2.18. The van der Waals surface area contributed by atoms with E-state index in [9.17, 15) is 4.39 Å². The van der Waals surface area contributed by atoms with E-state index in [1.165, 1.54) is 12.1 Å². The second-order valence-corrected chi connectivity index (χ2v) is 4.52. The van der Waals surface area contributed by atoms with Gasteiger partial charge in [0, 0.05) is 5.02 Å². The van der Waals surface area contributed by atoms with Crippen LogP contribution in [0.4, 0.5) is 4.39 Å². The molecular weight excluding hydrogens is 267 g/mol. The quantitative estimate of drug-likeness (QED) is 0.787. The van der Waals surface area contributed by atoms with Crippen LogP contribution in [0.5, 0.6) is 5.75 Å². The fourth-order valence-corrected chi connectivity index (χ4v) is 1.96. The number of nitrogens with one attached hydrogen (secondary N) is 1. The molecule has 3 rings (SSSR count). The molecule has 19 heavy (non-hydrogen) atoms. The van der Waals surface area contributed by atoms with Gasteiger partial charge in [-0.2, -0.15) is 0 Å². The highest BCUT2D eigenvalue weighted by Gasteiger charge is 2.04. The molecule has 0 saturated heterocycles. The molecule has 1 N–H and O–H groups in total. The number of hydrogen-bond acceptors (Lipinski definition) is 2. The monoisotopic (exact) mass is 276 g/mol. The minimum atomic E-state index is -0.286. The first-order valence-electron chi connectivity index (χ1n) is 5.73. The SMILES string of the molecule is Fc1ccc(OCc2nc3ccc(Cl)cc3[nH]2)cc1. The van der Waals surface area contributed by atoms with Gasteiger partial charge in [0.1, 0.15) is 24.0 Å². The van der Waals surface area contributed by atoms with Crippen LogP contribution in [0, 0.1) is 5.82 Å². The van der Waals surface area contributed by atoms with Gasteiger partial charge in [-0.25, -0.2) is 9.37 Å². The van der Waals surface area contributed by atoms with Gasteiger partial charge >= 0.3 is 0 Å². The Morgan fingerprint density at radius 2 is 1.95 bits per heavy atom. The lowest BCUT2D eigenvalue weighted by Gasteiger charge is -2.03. The largest absolute Gasteiger partial charge is 0.486 e. The molecule has 96 valence electrons. The maximum Gasteiger partial charge on any atom is 0.146 e. The van der Waals surface area contributed by atoms with E-state index < -0.39 is 0 Å². The zero-order chi connectivity index (χ0) is 13.2. The number of fused-ring (bicyclic) bond motifs is 1. The fourth-order valence-electron chi connectivity index (χ4n) is 1.79. The average Bonchev–Trinajstić information content (AvgIpc) is 2.80. The van der Waals surface area contributed by atoms with Gasteiger partial charge in [0.15, 0.2) is 0 Å². The van der Waals surface area contributed by atoms with Crippen LogP contribution in [-0.2, 0) is 6.61 Å². The molecule has 0 saturated carbocycles. The molecule has 0 aliphatic carbocycles. The summed E-state index contributed by atoms with van der Waals surface area (Å²) in [5.41, 5.74) is 1.70. The maximum absolute atomic E-state index is 12.7. The van der Waals surface area contributed by atoms with Crippen molar-refractivity contribution in [2.24, 2.45) is 0 Å². The predicted molar refractivity (Wildman–Crippen MR) is 71.8 cm³/mol. The molecular formula is C14H10ClFN2O. The number of halogens is 2. The second-order valence-electron chi connectivity index (χ2n) is 4.09. The molecule has 0 fully saturated rings. The van der Waals surface area contributed by atoms with Gasteiger partial charge < -0.3 is 9.72 Å². The fraction of sp³-hybridized carbons (Fsp3) is 0.0714. The Labute approximate surface area is 114 Å². The van der Waals surface area contributed by atoms with Crippen LogP contribution in [0.3, 0.4) is 0 Å². The molecule has 3 nitrogen and oxygen atoms in total. The molecule has 0 aliphatic heterocycles. The molecule has 0 bridgehead atoms. The number of benzene rings is 2. The number of imidazole rings is 1. The summed E-state index contributed by atoms with van der Waals surface area (Å²) in [4.78, 5) is 7.50. The summed E-state index contributed by atoms with van der Waals surface area (Å²) in [6.45, 7) is 0.290. The van der Waals surface area contributed by atoms with Gasteiger partial charge in [-0.3, -0.25) is 0 Å². The van der Waals surface area contributed by atoms with Crippen LogP contribution in [0.2, 0.25) is 5.02 Å². The van der Waals surface area contributed by atoms with Crippen molar-refractivity contribution in [3.8, 4) is 5.75 Å². The van der Waals surface area contributed by atoms with Gasteiger partial charge in [0.05, 0.1) is 11.0 Å². The Kier molecular flexibility index (Phi) is 3.09. The van der Waals surface area contributed by atoms with Crippen molar-refractivity contribution in [3.63, 3.8) is 0 Å². The zero-order valence-electron chi connectivity index (χ0n) is 9.86. The van der Waals surface area contributed by atoms with Crippen LogP contribution in [0.25, 0.3) is 11.0 Å². The summed E-state index contributed by atoms with van der Waals surface area (Å²) in [5.74, 6) is 1.01. The molecule has 1 heterocycles. The number of aromatic amines is 1. The van der Waals surface area contributed by atoms with Crippen molar-refractivity contribution in [2.45, 2.75) is 6.61 Å². The molecule has 5 heteroatoms. The van der Waals surface area contributed by atoms with E-state index in [1.807, 2.05) is 12.1 Å². The standard InChI is InChI=1S/C14H10ClFN2O/c15-9-1-6-12-13(7-9)18-14(17-12)8-19-11-4-2-10(16)3-5-11/h1-7H,8H2,(H,17,18). The first-order valence-corrected chi connectivity index (χ1v) is 6.11. The third kappa shape index (κ3) is 2.69. The summed E-state index contributed by atoms with van der Waals surface area (Å²) in [7, 11) is 0. The summed E-state index contributed by atoms with van der Waals surface area (Å²) in [6.07, 6.45) is 0. The smallest absolute Gasteiger partial charge is 0.146 e. The highest BCUT2D eigenvalue weighted by atomic mass is 35.5. The van der Waals surface area contributed by atoms with Crippen LogP contribution in [0.1, 0.15) is 5.82 Å². The van der Waals surface area contributed by atoms with Crippen molar-refractivity contribution < 1.29 is 9.13 Å². The van der Waals surface area contributed by atoms with Crippen molar-refractivity contribution in [1.29, 1.82) is 0 Å². The number of hydrogen-bond donors (Lipinski definition) is 1. The Hall–Kier alpha value is -2.07. The lowest BCUT2D eigenvalue weighted by Crippen LogP contribution is -1.97. The third-order valence-electron chi connectivity index (χ3n) is 2.68. The van der Waals surface area contributed by atoms with E-state index in [0.717, 1.165) is 11.0 Å². The Morgan fingerprint density at radius 3 is 2.74 bits per heavy atom. The number of H-pyrrole nitrogens is 1. The molecule has 3 aromatic rings. The lowest BCUT2D eigenvalue weighted by atomic mass is 10.3. The van der Waals surface area contributed by atoms with Gasteiger partial charge in [-0.1, -0.05) is 11.6 Å². The first-order chi connectivity index (χ1) is 9.20. The number of rotatable bonds is 3. The maximum atomic E-state index is 12.7. The van der Waals surface area contributed by atoms with Gasteiger partial charge in [-0.05, 0) is 42.5 Å². The summed E-state index contributed by atoms with van der Waals surface area (Å²) < 4.78 is 18.3. The Bertz CT molecular complexity index is 709. The van der Waals surface area contributed by atoms with E-state index in [4.69, 9.17) is 16.3 Å². The molecule has 0 amide bonds. The predicted octanol–water partition coefficient (Wildman–Crippen LogP) is 3.93. The molecule has 0 unspecified atom stereocenters. The topological polar surface area (TPSA) is 37.9 Å². The van der Waals surface area contributed by atoms with Crippen molar-refractivity contribution in [1.82, 2.24) is 9.97 Å². The second kappa shape index (κ2) is 4.90. The van der Waals surface area contributed by atoms with Crippen LogP contribution in [-0.4, -0.2) is 9.97 Å². The molecule has 0 aliphatic rings. The van der Waals surface area contributed by atoms with Crippen LogP contribution < -0.4 is 4.74 Å². The average molecular weight is 277 g/mol. The summed E-state index contributed by atoms with van der Waals surface area (Å²) in [5, 5.41) is 0.655.